The largest absolute Gasteiger partial charge is 0.358 e. The van der Waals surface area contributed by atoms with Crippen molar-refractivity contribution in [3.63, 3.8) is 0 Å². The number of benzene rings is 1. The third-order valence-corrected chi connectivity index (χ3v) is 4.63. The number of aromatic nitrogens is 2. The second-order valence-corrected chi connectivity index (χ2v) is 6.70. The fourth-order valence-corrected chi connectivity index (χ4v) is 3.61. The molecule has 0 aliphatic carbocycles. The number of nitrogens with one attached hydrogen (secondary N) is 1. The van der Waals surface area contributed by atoms with Gasteiger partial charge in [-0.25, -0.2) is 0 Å². The molecule has 0 spiro atoms. The maximum Gasteiger partial charge on any atom is 0.0781 e. The molecule has 0 fully saturated rings. The van der Waals surface area contributed by atoms with Crippen LogP contribution in [0.1, 0.15) is 36.4 Å². The maximum absolute atomic E-state index is 4.84. The zero-order valence-electron chi connectivity index (χ0n) is 15.0. The molecular formula is C22H21N3. The first-order valence-electron chi connectivity index (χ1n) is 8.53. The van der Waals surface area contributed by atoms with Gasteiger partial charge < -0.3 is 4.98 Å². The van der Waals surface area contributed by atoms with Gasteiger partial charge in [-0.1, -0.05) is 24.3 Å². The number of hydrogen-bond acceptors (Lipinski definition) is 2. The number of rotatable bonds is 2. The topological polar surface area (TPSA) is 41.0 Å². The van der Waals surface area contributed by atoms with Crippen molar-refractivity contribution in [2.24, 2.45) is 4.99 Å². The zero-order chi connectivity index (χ0) is 17.6. The Labute approximate surface area is 147 Å². The molecule has 4 rings (SSSR count). The molecule has 3 aromatic rings. The van der Waals surface area contributed by atoms with Gasteiger partial charge in [-0.3, -0.25) is 9.98 Å². The first-order valence-corrected chi connectivity index (χ1v) is 8.53. The van der Waals surface area contributed by atoms with Crippen molar-refractivity contribution in [1.82, 2.24) is 9.97 Å². The van der Waals surface area contributed by atoms with Gasteiger partial charge in [-0.05, 0) is 57.0 Å². The molecule has 3 heterocycles. The van der Waals surface area contributed by atoms with Crippen LogP contribution in [0.4, 0.5) is 0 Å². The highest BCUT2D eigenvalue weighted by molar-refractivity contribution is 6.03. The van der Waals surface area contributed by atoms with Crippen LogP contribution in [0, 0.1) is 13.8 Å². The number of pyridine rings is 1. The Balaban J connectivity index is 2.11. The average Bonchev–Trinajstić information content (AvgIpc) is 3.09. The summed E-state index contributed by atoms with van der Waals surface area (Å²) in [4.78, 5) is 13.0. The van der Waals surface area contributed by atoms with Crippen LogP contribution < -0.4 is 0 Å². The molecule has 25 heavy (non-hydrogen) atoms. The molecule has 3 nitrogen and oxygen atoms in total. The van der Waals surface area contributed by atoms with Crippen LogP contribution in [0.2, 0.25) is 0 Å². The van der Waals surface area contributed by atoms with Crippen molar-refractivity contribution >= 4 is 22.2 Å². The normalized spacial score (nSPS) is 16.2. The number of aliphatic imine (C=N–C) groups is 1. The molecule has 0 unspecified atom stereocenters. The van der Waals surface area contributed by atoms with Gasteiger partial charge >= 0.3 is 0 Å². The van der Waals surface area contributed by atoms with Gasteiger partial charge in [0.05, 0.1) is 16.9 Å². The zero-order valence-corrected chi connectivity index (χ0v) is 15.0. The summed E-state index contributed by atoms with van der Waals surface area (Å²) in [6.45, 7) is 8.40. The van der Waals surface area contributed by atoms with E-state index in [4.69, 9.17) is 4.99 Å². The van der Waals surface area contributed by atoms with E-state index >= 15 is 0 Å². The average molecular weight is 327 g/mol. The fourth-order valence-electron chi connectivity index (χ4n) is 3.61. The lowest BCUT2D eigenvalue weighted by Gasteiger charge is -2.14. The standard InChI is InChI=1S/C22H21N3/c1-13-11-15(3)24-20(13)19(21-14(2)12-16(4)25-21)18-9-5-7-17-8-6-10-23-22(17)18/h5-12,24H,1-4H3/b21-19-. The smallest absolute Gasteiger partial charge is 0.0781 e. The van der Waals surface area contributed by atoms with E-state index in [1.807, 2.05) is 19.2 Å². The summed E-state index contributed by atoms with van der Waals surface area (Å²) in [5, 5.41) is 1.14. The van der Waals surface area contributed by atoms with Crippen LogP contribution in [-0.2, 0) is 0 Å². The number of aromatic amines is 1. The summed E-state index contributed by atoms with van der Waals surface area (Å²) in [5.74, 6) is 0. The summed E-state index contributed by atoms with van der Waals surface area (Å²) in [5.41, 5.74) is 10.00. The highest BCUT2D eigenvalue weighted by Gasteiger charge is 2.21. The lowest BCUT2D eigenvalue weighted by Crippen LogP contribution is -1.98. The quantitative estimate of drug-likeness (QED) is 0.676. The molecule has 2 aromatic heterocycles. The number of H-pyrrole nitrogens is 1. The van der Waals surface area contributed by atoms with Crippen molar-refractivity contribution in [2.75, 3.05) is 0 Å². The van der Waals surface area contributed by atoms with E-state index in [0.29, 0.717) is 0 Å². The van der Waals surface area contributed by atoms with E-state index in [2.05, 4.69) is 67.1 Å². The summed E-state index contributed by atoms with van der Waals surface area (Å²) >= 11 is 0. The van der Waals surface area contributed by atoms with E-state index in [1.54, 1.807) is 0 Å². The van der Waals surface area contributed by atoms with Gasteiger partial charge in [0.25, 0.3) is 0 Å². The Hall–Kier alpha value is -2.94. The third kappa shape index (κ3) is 2.62. The van der Waals surface area contributed by atoms with E-state index in [0.717, 1.165) is 44.8 Å². The molecule has 1 aliphatic heterocycles. The highest BCUT2D eigenvalue weighted by atomic mass is 14.8. The molecule has 0 radical (unpaired) electrons. The van der Waals surface area contributed by atoms with E-state index in [-0.39, 0.29) is 0 Å². The molecular weight excluding hydrogens is 306 g/mol. The lowest BCUT2D eigenvalue weighted by atomic mass is 9.94. The molecule has 0 amide bonds. The number of fused-ring (bicyclic) bond motifs is 1. The van der Waals surface area contributed by atoms with E-state index in [1.165, 1.54) is 11.1 Å². The van der Waals surface area contributed by atoms with Crippen LogP contribution in [0.5, 0.6) is 0 Å². The van der Waals surface area contributed by atoms with E-state index < -0.39 is 0 Å². The van der Waals surface area contributed by atoms with Gasteiger partial charge in [0, 0.05) is 34.1 Å². The minimum Gasteiger partial charge on any atom is -0.358 e. The first-order chi connectivity index (χ1) is 12.0. The van der Waals surface area contributed by atoms with Gasteiger partial charge in [-0.15, -0.1) is 0 Å². The van der Waals surface area contributed by atoms with Gasteiger partial charge in [0.1, 0.15) is 0 Å². The summed E-state index contributed by atoms with van der Waals surface area (Å²) < 4.78 is 0. The molecule has 1 aromatic carbocycles. The predicted octanol–water partition coefficient (Wildman–Crippen LogP) is 5.36. The molecule has 0 atom stereocenters. The molecule has 1 aliphatic rings. The third-order valence-electron chi connectivity index (χ3n) is 4.63. The Kier molecular flexibility index (Phi) is 3.65. The van der Waals surface area contributed by atoms with Crippen molar-refractivity contribution < 1.29 is 0 Å². The Morgan fingerprint density at radius 3 is 2.48 bits per heavy atom. The first kappa shape index (κ1) is 15.6. The van der Waals surface area contributed by atoms with Crippen molar-refractivity contribution in [2.45, 2.75) is 27.7 Å². The molecule has 0 saturated heterocycles. The van der Waals surface area contributed by atoms with Crippen LogP contribution in [0.3, 0.4) is 0 Å². The van der Waals surface area contributed by atoms with Crippen molar-refractivity contribution in [3.05, 3.63) is 82.5 Å². The Morgan fingerprint density at radius 1 is 1.00 bits per heavy atom. The molecule has 1 N–H and O–H groups in total. The van der Waals surface area contributed by atoms with Crippen LogP contribution >= 0.6 is 0 Å². The van der Waals surface area contributed by atoms with Gasteiger partial charge in [0.15, 0.2) is 0 Å². The van der Waals surface area contributed by atoms with Crippen molar-refractivity contribution in [1.29, 1.82) is 0 Å². The highest BCUT2D eigenvalue weighted by Crippen LogP contribution is 2.37. The maximum atomic E-state index is 4.84. The van der Waals surface area contributed by atoms with Crippen molar-refractivity contribution in [3.8, 4) is 0 Å². The fraction of sp³-hybridized carbons (Fsp3) is 0.182. The summed E-state index contributed by atoms with van der Waals surface area (Å²) in [7, 11) is 0. The second-order valence-electron chi connectivity index (χ2n) is 6.70. The van der Waals surface area contributed by atoms with Gasteiger partial charge in [-0.2, -0.15) is 0 Å². The molecule has 0 saturated carbocycles. The second kappa shape index (κ2) is 5.85. The number of para-hydroxylation sites is 1. The number of nitrogens with zero attached hydrogens (tertiary/aromatic N) is 2. The summed E-state index contributed by atoms with van der Waals surface area (Å²) in [6.07, 6.45) is 3.99. The molecule has 0 bridgehead atoms. The van der Waals surface area contributed by atoms with E-state index in [9.17, 15) is 0 Å². The minimum absolute atomic E-state index is 1.01. The summed E-state index contributed by atoms with van der Waals surface area (Å²) in [6, 6.07) is 12.6. The number of allylic oxidation sites excluding steroid dienone is 2. The lowest BCUT2D eigenvalue weighted by molar-refractivity contribution is 1.21. The van der Waals surface area contributed by atoms with Crippen LogP contribution in [-0.4, -0.2) is 15.7 Å². The monoisotopic (exact) mass is 327 g/mol. The van der Waals surface area contributed by atoms with Crippen LogP contribution in [0.25, 0.3) is 16.5 Å². The molecule has 3 heteroatoms. The SMILES string of the molecule is CC1=CC(C)=N/C1=C(\c1[nH]c(C)cc1C)c1cccc2cccnc12. The minimum atomic E-state index is 1.01. The number of aryl methyl sites for hydroxylation is 2. The Morgan fingerprint density at radius 2 is 1.80 bits per heavy atom. The predicted molar refractivity (Wildman–Crippen MR) is 105 cm³/mol. The van der Waals surface area contributed by atoms with Gasteiger partial charge in [0.2, 0.25) is 0 Å². The van der Waals surface area contributed by atoms with Crippen LogP contribution in [0.15, 0.2) is 64.9 Å². The number of hydrogen-bond donors (Lipinski definition) is 1. The Bertz CT molecular complexity index is 1070. The molecule has 124 valence electrons.